The number of rotatable bonds is 7. The minimum absolute atomic E-state index is 0. The van der Waals surface area contributed by atoms with Crippen molar-refractivity contribution >= 4 is 41.5 Å². The van der Waals surface area contributed by atoms with Crippen molar-refractivity contribution in [2.24, 2.45) is 12.0 Å². The topological polar surface area (TPSA) is 97.3 Å². The highest BCUT2D eigenvalue weighted by atomic mass is 127. The van der Waals surface area contributed by atoms with E-state index in [0.717, 1.165) is 23.9 Å². The highest BCUT2D eigenvalue weighted by Crippen LogP contribution is 2.20. The van der Waals surface area contributed by atoms with Crippen LogP contribution in [0.2, 0.25) is 5.02 Å². The molecule has 0 unspecified atom stereocenters. The molecule has 0 saturated heterocycles. The molecule has 0 bridgehead atoms. The van der Waals surface area contributed by atoms with Crippen LogP contribution in [0.1, 0.15) is 18.6 Å². The van der Waals surface area contributed by atoms with Gasteiger partial charge < -0.3 is 14.7 Å². The molecule has 0 amide bonds. The molecule has 2 aromatic heterocycles. The molecule has 0 aliphatic rings. The fraction of sp³-hybridized carbons (Fsp3) is 0.389. The lowest BCUT2D eigenvalue weighted by Gasteiger charge is -2.21. The van der Waals surface area contributed by atoms with Gasteiger partial charge in [0.2, 0.25) is 11.7 Å². The van der Waals surface area contributed by atoms with Crippen LogP contribution >= 0.6 is 35.6 Å². The smallest absolute Gasteiger partial charge is 0.228 e. The van der Waals surface area contributed by atoms with Crippen molar-refractivity contribution in [1.29, 1.82) is 0 Å². The molecule has 9 nitrogen and oxygen atoms in total. The summed E-state index contributed by atoms with van der Waals surface area (Å²) in [7, 11) is 3.83. The molecular weight excluding hydrogens is 507 g/mol. The summed E-state index contributed by atoms with van der Waals surface area (Å²) in [6.07, 6.45) is 2.08. The Morgan fingerprint density at radius 2 is 2.21 bits per heavy atom. The molecule has 0 radical (unpaired) electrons. The first-order valence-corrected chi connectivity index (χ1v) is 9.35. The van der Waals surface area contributed by atoms with Crippen LogP contribution in [0.15, 0.2) is 40.1 Å². The number of benzene rings is 1. The first kappa shape index (κ1) is 23.1. The molecule has 0 atom stereocenters. The number of hydrogen-bond acceptors (Lipinski definition) is 6. The van der Waals surface area contributed by atoms with Crippen LogP contribution < -0.4 is 5.32 Å². The summed E-state index contributed by atoms with van der Waals surface area (Å²) in [4.78, 5) is 15.3. The zero-order valence-corrected chi connectivity index (χ0v) is 19.6. The van der Waals surface area contributed by atoms with Gasteiger partial charge >= 0.3 is 0 Å². The van der Waals surface area contributed by atoms with Gasteiger partial charge in [-0.05, 0) is 19.1 Å². The van der Waals surface area contributed by atoms with Crippen LogP contribution in [0.5, 0.6) is 0 Å². The van der Waals surface area contributed by atoms with Gasteiger partial charge in [0, 0.05) is 37.6 Å². The molecule has 1 aromatic carbocycles. The van der Waals surface area contributed by atoms with Crippen molar-refractivity contribution in [2.45, 2.75) is 19.9 Å². The van der Waals surface area contributed by atoms with E-state index >= 15 is 0 Å². The van der Waals surface area contributed by atoms with Gasteiger partial charge in [-0.15, -0.1) is 24.0 Å². The first-order chi connectivity index (χ1) is 13.6. The zero-order valence-electron chi connectivity index (χ0n) is 16.5. The van der Waals surface area contributed by atoms with Crippen molar-refractivity contribution in [3.05, 3.63) is 47.3 Å². The average molecular weight is 531 g/mol. The fourth-order valence-electron chi connectivity index (χ4n) is 2.58. The van der Waals surface area contributed by atoms with Gasteiger partial charge in [0.25, 0.3) is 0 Å². The number of aryl methyl sites for hydroxylation is 1. The van der Waals surface area contributed by atoms with Crippen LogP contribution in [0, 0.1) is 0 Å². The van der Waals surface area contributed by atoms with Gasteiger partial charge in [0.05, 0.1) is 13.1 Å². The molecule has 1 N–H and O–H groups in total. The Kier molecular flexibility index (Phi) is 8.83. The predicted octanol–water partition coefficient (Wildman–Crippen LogP) is 2.78. The van der Waals surface area contributed by atoms with E-state index in [-0.39, 0.29) is 24.0 Å². The van der Waals surface area contributed by atoms with E-state index in [9.17, 15) is 0 Å². The number of nitrogens with one attached hydrogen (secondary N) is 1. The van der Waals surface area contributed by atoms with Crippen molar-refractivity contribution in [2.75, 3.05) is 20.1 Å². The summed E-state index contributed by atoms with van der Waals surface area (Å²) in [6.45, 7) is 3.91. The monoisotopic (exact) mass is 530 g/mol. The zero-order chi connectivity index (χ0) is 19.9. The van der Waals surface area contributed by atoms with Crippen molar-refractivity contribution in [3.8, 4) is 11.4 Å². The maximum atomic E-state index is 6.01. The third-order valence-corrected chi connectivity index (χ3v) is 4.25. The van der Waals surface area contributed by atoms with E-state index in [0.29, 0.717) is 36.2 Å². The summed E-state index contributed by atoms with van der Waals surface area (Å²) in [5.74, 6) is 2.69. The van der Waals surface area contributed by atoms with Gasteiger partial charge in [-0.3, -0.25) is 9.67 Å². The quantitative estimate of drug-likeness (QED) is 0.285. The Labute approximate surface area is 191 Å². The van der Waals surface area contributed by atoms with Crippen LogP contribution in [-0.4, -0.2) is 55.9 Å². The summed E-state index contributed by atoms with van der Waals surface area (Å²) in [5.41, 5.74) is 0.822. The third kappa shape index (κ3) is 6.39. The summed E-state index contributed by atoms with van der Waals surface area (Å²) < 4.78 is 7.08. The summed E-state index contributed by atoms with van der Waals surface area (Å²) >= 11 is 6.01. The van der Waals surface area contributed by atoms with Crippen molar-refractivity contribution in [3.63, 3.8) is 0 Å². The Morgan fingerprint density at radius 3 is 2.90 bits per heavy atom. The molecule has 156 valence electrons. The number of halogens is 2. The standard InChI is InChI=1S/C18H23ClN8O.HI/c1-4-20-18(26(2)11-15-22-12-23-27(15)3)21-9-8-16-24-17(25-28-16)13-6-5-7-14(19)10-13;/h5-7,10,12H,4,8-9,11H2,1-3H3,(H,20,21);1H. The maximum absolute atomic E-state index is 6.01. The Bertz CT molecular complexity index is 941. The van der Waals surface area contributed by atoms with E-state index in [4.69, 9.17) is 16.1 Å². The van der Waals surface area contributed by atoms with E-state index in [2.05, 4.69) is 30.5 Å². The highest BCUT2D eigenvalue weighted by molar-refractivity contribution is 14.0. The molecule has 3 rings (SSSR count). The van der Waals surface area contributed by atoms with Gasteiger partial charge in [-0.1, -0.05) is 28.9 Å². The van der Waals surface area contributed by atoms with Gasteiger partial charge in [0.15, 0.2) is 5.96 Å². The molecule has 0 fully saturated rings. The van der Waals surface area contributed by atoms with Crippen molar-refractivity contribution in [1.82, 2.24) is 35.1 Å². The van der Waals surface area contributed by atoms with E-state index in [1.165, 1.54) is 0 Å². The van der Waals surface area contributed by atoms with Crippen LogP contribution in [0.3, 0.4) is 0 Å². The average Bonchev–Trinajstić information content (AvgIpc) is 3.30. The molecule has 11 heteroatoms. The van der Waals surface area contributed by atoms with Gasteiger partial charge in [0.1, 0.15) is 12.2 Å². The second-order valence-corrected chi connectivity index (χ2v) is 6.60. The van der Waals surface area contributed by atoms with E-state index in [1.54, 1.807) is 23.1 Å². The lowest BCUT2D eigenvalue weighted by Crippen LogP contribution is -2.39. The maximum Gasteiger partial charge on any atom is 0.228 e. The van der Waals surface area contributed by atoms with E-state index in [1.807, 2.05) is 38.1 Å². The first-order valence-electron chi connectivity index (χ1n) is 8.97. The lowest BCUT2D eigenvalue weighted by molar-refractivity contribution is 0.379. The second-order valence-electron chi connectivity index (χ2n) is 6.16. The van der Waals surface area contributed by atoms with Crippen LogP contribution in [-0.2, 0) is 20.0 Å². The number of aromatic nitrogens is 5. The SMILES string of the molecule is CCNC(=NCCc1nc(-c2cccc(Cl)c2)no1)N(C)Cc1ncnn1C.I. The van der Waals surface area contributed by atoms with Gasteiger partial charge in [-0.25, -0.2) is 4.98 Å². The Morgan fingerprint density at radius 1 is 1.38 bits per heavy atom. The van der Waals surface area contributed by atoms with E-state index < -0.39 is 0 Å². The van der Waals surface area contributed by atoms with Crippen LogP contribution in [0.25, 0.3) is 11.4 Å². The number of aliphatic imine (C=N–C) groups is 1. The second kappa shape index (κ2) is 11.1. The largest absolute Gasteiger partial charge is 0.357 e. The number of nitrogens with zero attached hydrogens (tertiary/aromatic N) is 7. The highest BCUT2D eigenvalue weighted by Gasteiger charge is 2.11. The molecule has 29 heavy (non-hydrogen) atoms. The Balaban J connectivity index is 0.00000300. The molecule has 3 aromatic rings. The third-order valence-electron chi connectivity index (χ3n) is 4.02. The molecular formula is C18H24ClIN8O. The molecule has 0 aliphatic carbocycles. The van der Waals surface area contributed by atoms with Crippen molar-refractivity contribution < 1.29 is 4.52 Å². The Hall–Kier alpha value is -2.21. The fourth-order valence-corrected chi connectivity index (χ4v) is 2.77. The number of guanidine groups is 1. The molecule has 0 aliphatic heterocycles. The summed E-state index contributed by atoms with van der Waals surface area (Å²) in [5, 5.41) is 12.0. The van der Waals surface area contributed by atoms with Gasteiger partial charge in [-0.2, -0.15) is 10.1 Å². The number of hydrogen-bond donors (Lipinski definition) is 1. The minimum atomic E-state index is 0. The molecule has 0 spiro atoms. The van der Waals surface area contributed by atoms with Crippen LogP contribution in [0.4, 0.5) is 0 Å². The lowest BCUT2D eigenvalue weighted by atomic mass is 10.2. The minimum Gasteiger partial charge on any atom is -0.357 e. The predicted molar refractivity (Wildman–Crippen MR) is 122 cm³/mol. The normalized spacial score (nSPS) is 11.2. The molecule has 0 saturated carbocycles. The molecule has 2 heterocycles. The summed E-state index contributed by atoms with van der Waals surface area (Å²) in [6, 6.07) is 7.36.